The molecule has 1 rings (SSSR count). The first-order chi connectivity index (χ1) is 7.50. The average molecular weight is 286 g/mol. The molecule has 0 spiro atoms. The van der Waals surface area contributed by atoms with Gasteiger partial charge in [0.1, 0.15) is 5.75 Å². The minimum absolute atomic E-state index is 0.0776. The van der Waals surface area contributed by atoms with Gasteiger partial charge in [-0.3, -0.25) is 4.79 Å². The smallest absolute Gasteiger partial charge is 0.225 e. The molecule has 0 fully saturated rings. The predicted molar refractivity (Wildman–Crippen MR) is 67.7 cm³/mol. The van der Waals surface area contributed by atoms with Gasteiger partial charge in [0.15, 0.2) is 0 Å². The van der Waals surface area contributed by atoms with E-state index >= 15 is 0 Å². The Labute approximate surface area is 105 Å². The summed E-state index contributed by atoms with van der Waals surface area (Å²) < 4.78 is 6.55. The van der Waals surface area contributed by atoms with Crippen LogP contribution in [0.2, 0.25) is 0 Å². The van der Waals surface area contributed by atoms with Crippen LogP contribution in [0.1, 0.15) is 12.0 Å². The van der Waals surface area contributed by atoms with Crippen LogP contribution < -0.4 is 4.74 Å². The zero-order chi connectivity index (χ0) is 12.1. The number of hydrogen-bond donors (Lipinski definition) is 0. The minimum atomic E-state index is 0.0776. The van der Waals surface area contributed by atoms with E-state index < -0.39 is 0 Å². The maximum atomic E-state index is 11.3. The second-order valence-corrected chi connectivity index (χ2v) is 4.65. The van der Waals surface area contributed by atoms with Crippen molar-refractivity contribution in [1.82, 2.24) is 4.90 Å². The number of aryl methyl sites for hydroxylation is 1. The molecule has 4 heteroatoms. The van der Waals surface area contributed by atoms with Gasteiger partial charge in [0.05, 0.1) is 13.0 Å². The SMILES string of the molecule is Cc1cc(OCCC(=O)N(C)C)ccc1Br. The van der Waals surface area contributed by atoms with Gasteiger partial charge in [0, 0.05) is 18.6 Å². The van der Waals surface area contributed by atoms with Crippen molar-refractivity contribution in [3.63, 3.8) is 0 Å². The Balaban J connectivity index is 2.43. The van der Waals surface area contributed by atoms with Crippen LogP contribution in [-0.4, -0.2) is 31.5 Å². The molecule has 0 bridgehead atoms. The van der Waals surface area contributed by atoms with Gasteiger partial charge in [-0.25, -0.2) is 0 Å². The van der Waals surface area contributed by atoms with E-state index in [1.807, 2.05) is 25.1 Å². The zero-order valence-electron chi connectivity index (χ0n) is 9.79. The van der Waals surface area contributed by atoms with Crippen molar-refractivity contribution >= 4 is 21.8 Å². The highest BCUT2D eigenvalue weighted by Gasteiger charge is 2.04. The van der Waals surface area contributed by atoms with Crippen molar-refractivity contribution in [2.75, 3.05) is 20.7 Å². The first-order valence-electron chi connectivity index (χ1n) is 5.10. The van der Waals surface area contributed by atoms with Gasteiger partial charge in [-0.1, -0.05) is 15.9 Å². The number of rotatable bonds is 4. The van der Waals surface area contributed by atoms with Crippen molar-refractivity contribution < 1.29 is 9.53 Å². The highest BCUT2D eigenvalue weighted by atomic mass is 79.9. The van der Waals surface area contributed by atoms with Crippen LogP contribution in [0, 0.1) is 6.92 Å². The molecule has 1 aromatic carbocycles. The molecule has 0 aliphatic rings. The van der Waals surface area contributed by atoms with Crippen LogP contribution in [0.15, 0.2) is 22.7 Å². The number of nitrogens with zero attached hydrogens (tertiary/aromatic N) is 1. The number of carbonyl (C=O) groups is 1. The molecular formula is C12H16BrNO2. The Bertz CT molecular complexity index is 377. The van der Waals surface area contributed by atoms with Gasteiger partial charge in [-0.2, -0.15) is 0 Å². The second-order valence-electron chi connectivity index (χ2n) is 3.80. The first kappa shape index (κ1) is 13.0. The Morgan fingerprint density at radius 1 is 1.44 bits per heavy atom. The molecule has 16 heavy (non-hydrogen) atoms. The topological polar surface area (TPSA) is 29.5 Å². The van der Waals surface area contributed by atoms with Crippen LogP contribution in [0.4, 0.5) is 0 Å². The van der Waals surface area contributed by atoms with Crippen molar-refractivity contribution in [1.29, 1.82) is 0 Å². The van der Waals surface area contributed by atoms with Gasteiger partial charge in [-0.05, 0) is 30.7 Å². The summed E-state index contributed by atoms with van der Waals surface area (Å²) in [6, 6.07) is 5.78. The summed E-state index contributed by atoms with van der Waals surface area (Å²) in [6.07, 6.45) is 0.405. The molecule has 1 aromatic rings. The molecule has 1 amide bonds. The fourth-order valence-corrected chi connectivity index (χ4v) is 1.43. The lowest BCUT2D eigenvalue weighted by Crippen LogP contribution is -2.23. The maximum absolute atomic E-state index is 11.3. The summed E-state index contributed by atoms with van der Waals surface area (Å²) in [7, 11) is 3.48. The van der Waals surface area contributed by atoms with Crippen LogP contribution in [-0.2, 0) is 4.79 Å². The highest BCUT2D eigenvalue weighted by Crippen LogP contribution is 2.21. The lowest BCUT2D eigenvalue weighted by molar-refractivity contribution is -0.129. The van der Waals surface area contributed by atoms with Crippen molar-refractivity contribution in [2.24, 2.45) is 0 Å². The number of hydrogen-bond acceptors (Lipinski definition) is 2. The first-order valence-corrected chi connectivity index (χ1v) is 5.89. The van der Waals surface area contributed by atoms with E-state index in [0.29, 0.717) is 13.0 Å². The molecule has 0 radical (unpaired) electrons. The van der Waals surface area contributed by atoms with E-state index in [9.17, 15) is 4.79 Å². The van der Waals surface area contributed by atoms with Crippen LogP contribution in [0.25, 0.3) is 0 Å². The monoisotopic (exact) mass is 285 g/mol. The normalized spacial score (nSPS) is 10.0. The minimum Gasteiger partial charge on any atom is -0.493 e. The quantitative estimate of drug-likeness (QED) is 0.851. The summed E-state index contributed by atoms with van der Waals surface area (Å²) >= 11 is 3.42. The third kappa shape index (κ3) is 3.85. The number of carbonyl (C=O) groups excluding carboxylic acids is 1. The van der Waals surface area contributed by atoms with Crippen LogP contribution >= 0.6 is 15.9 Å². The standard InChI is InChI=1S/C12H16BrNO2/c1-9-8-10(4-5-11(9)13)16-7-6-12(15)14(2)3/h4-5,8H,6-7H2,1-3H3. The van der Waals surface area contributed by atoms with E-state index in [-0.39, 0.29) is 5.91 Å². The fourth-order valence-electron chi connectivity index (χ4n) is 1.19. The molecule has 0 heterocycles. The number of ether oxygens (including phenoxy) is 1. The van der Waals surface area contributed by atoms with Gasteiger partial charge in [-0.15, -0.1) is 0 Å². The molecule has 0 saturated carbocycles. The maximum Gasteiger partial charge on any atom is 0.225 e. The predicted octanol–water partition coefficient (Wildman–Crippen LogP) is 2.61. The van der Waals surface area contributed by atoms with Gasteiger partial charge >= 0.3 is 0 Å². The van der Waals surface area contributed by atoms with E-state index in [1.165, 1.54) is 0 Å². The Morgan fingerprint density at radius 3 is 2.69 bits per heavy atom. The average Bonchev–Trinajstić information content (AvgIpc) is 2.23. The van der Waals surface area contributed by atoms with Crippen molar-refractivity contribution in [2.45, 2.75) is 13.3 Å². The van der Waals surface area contributed by atoms with Crippen molar-refractivity contribution in [3.8, 4) is 5.75 Å². The third-order valence-corrected chi connectivity index (χ3v) is 3.10. The van der Waals surface area contributed by atoms with E-state index in [0.717, 1.165) is 15.8 Å². The van der Waals surface area contributed by atoms with Gasteiger partial charge in [0.2, 0.25) is 5.91 Å². The van der Waals surface area contributed by atoms with Gasteiger partial charge < -0.3 is 9.64 Å². The summed E-state index contributed by atoms with van der Waals surface area (Å²) in [6.45, 7) is 2.42. The number of amides is 1. The molecule has 88 valence electrons. The zero-order valence-corrected chi connectivity index (χ0v) is 11.4. The van der Waals surface area contributed by atoms with Crippen molar-refractivity contribution in [3.05, 3.63) is 28.2 Å². The van der Waals surface area contributed by atoms with E-state index in [2.05, 4.69) is 15.9 Å². The molecule has 0 saturated heterocycles. The summed E-state index contributed by atoms with van der Waals surface area (Å²) in [5.74, 6) is 0.876. The van der Waals surface area contributed by atoms with Crippen LogP contribution in [0.3, 0.4) is 0 Å². The largest absolute Gasteiger partial charge is 0.493 e. The molecule has 0 aliphatic heterocycles. The fraction of sp³-hybridized carbons (Fsp3) is 0.417. The Kier molecular flexibility index (Phi) is 4.80. The highest BCUT2D eigenvalue weighted by molar-refractivity contribution is 9.10. The van der Waals surface area contributed by atoms with Crippen LogP contribution in [0.5, 0.6) is 5.75 Å². The van der Waals surface area contributed by atoms with Gasteiger partial charge in [0.25, 0.3) is 0 Å². The number of benzene rings is 1. The second kappa shape index (κ2) is 5.89. The molecule has 0 aromatic heterocycles. The number of halogens is 1. The molecule has 0 N–H and O–H groups in total. The summed E-state index contributed by atoms with van der Waals surface area (Å²) in [4.78, 5) is 12.9. The Hall–Kier alpha value is -1.03. The lowest BCUT2D eigenvalue weighted by Gasteiger charge is -2.11. The molecule has 0 aliphatic carbocycles. The lowest BCUT2D eigenvalue weighted by atomic mass is 10.2. The molecule has 0 unspecified atom stereocenters. The van der Waals surface area contributed by atoms with E-state index in [1.54, 1.807) is 19.0 Å². The molecule has 0 atom stereocenters. The summed E-state index contributed by atoms with van der Waals surface area (Å²) in [5, 5.41) is 0. The Morgan fingerprint density at radius 2 is 2.12 bits per heavy atom. The third-order valence-electron chi connectivity index (χ3n) is 2.21. The van der Waals surface area contributed by atoms with E-state index in [4.69, 9.17) is 4.74 Å². The molecule has 3 nitrogen and oxygen atoms in total. The summed E-state index contributed by atoms with van der Waals surface area (Å²) in [5.41, 5.74) is 1.12. The molecular weight excluding hydrogens is 270 g/mol.